The Labute approximate surface area is 173 Å². The van der Waals surface area contributed by atoms with Crippen LogP contribution >= 0.6 is 0 Å². The molecule has 6 nitrogen and oxygen atoms in total. The Morgan fingerprint density at radius 3 is 2.43 bits per heavy atom. The van der Waals surface area contributed by atoms with Crippen LogP contribution in [0.4, 0.5) is 5.69 Å². The molecular weight excluding hydrogens is 378 g/mol. The van der Waals surface area contributed by atoms with E-state index in [0.29, 0.717) is 16.7 Å². The van der Waals surface area contributed by atoms with Crippen molar-refractivity contribution < 1.29 is 9.90 Å². The fraction of sp³-hybridized carbons (Fsp3) is 0.125. The highest BCUT2D eigenvalue weighted by Gasteiger charge is 2.23. The first-order valence-corrected chi connectivity index (χ1v) is 9.58. The van der Waals surface area contributed by atoms with Gasteiger partial charge < -0.3 is 10.4 Å². The number of aromatic hydroxyl groups is 1. The van der Waals surface area contributed by atoms with E-state index < -0.39 is 11.5 Å². The maximum Gasteiger partial charge on any atom is 0.269 e. The number of rotatable bonds is 4. The van der Waals surface area contributed by atoms with Crippen LogP contribution in [-0.4, -0.2) is 20.6 Å². The van der Waals surface area contributed by atoms with Gasteiger partial charge in [0.05, 0.1) is 11.9 Å². The molecule has 2 aromatic heterocycles. The Morgan fingerprint density at radius 1 is 1.03 bits per heavy atom. The lowest BCUT2D eigenvalue weighted by molar-refractivity contribution is 0.102. The van der Waals surface area contributed by atoms with Crippen molar-refractivity contribution in [2.75, 3.05) is 5.32 Å². The second-order valence-electron chi connectivity index (χ2n) is 7.31. The summed E-state index contributed by atoms with van der Waals surface area (Å²) >= 11 is 0. The fourth-order valence-corrected chi connectivity index (χ4v) is 3.62. The Morgan fingerprint density at radius 2 is 1.73 bits per heavy atom. The van der Waals surface area contributed by atoms with Crippen molar-refractivity contribution in [3.8, 4) is 5.75 Å². The lowest BCUT2D eigenvalue weighted by atomic mass is 10.1. The van der Waals surface area contributed by atoms with Crippen LogP contribution in [0.15, 0.2) is 71.7 Å². The maximum absolute atomic E-state index is 13.3. The molecule has 0 aliphatic carbocycles. The minimum absolute atomic E-state index is 0.233. The summed E-state index contributed by atoms with van der Waals surface area (Å²) in [5, 5.41) is 13.9. The third-order valence-electron chi connectivity index (χ3n) is 4.88. The fourth-order valence-electron chi connectivity index (χ4n) is 3.62. The number of carbonyl (C=O) groups excluding carboxylic acids is 1. The van der Waals surface area contributed by atoms with Gasteiger partial charge in [-0.15, -0.1) is 0 Å². The summed E-state index contributed by atoms with van der Waals surface area (Å²) < 4.78 is 1.42. The van der Waals surface area contributed by atoms with Gasteiger partial charge in [0.25, 0.3) is 11.5 Å². The van der Waals surface area contributed by atoms with Crippen LogP contribution < -0.4 is 10.9 Å². The summed E-state index contributed by atoms with van der Waals surface area (Å²) in [5.74, 6) is -1.02. The molecule has 4 aromatic rings. The first-order valence-electron chi connectivity index (χ1n) is 9.58. The van der Waals surface area contributed by atoms with Crippen molar-refractivity contribution in [1.82, 2.24) is 9.55 Å². The molecular formula is C24H21N3O3. The Kier molecular flexibility index (Phi) is 5.06. The van der Waals surface area contributed by atoms with Gasteiger partial charge in [-0.3, -0.25) is 14.2 Å². The standard InChI is InChI=1S/C24H21N3O3/c1-15-11-16(2)13-18(12-15)26-23(29)20-21(28)19-9-6-10-25-22(19)27(24(20)30)14-17-7-4-3-5-8-17/h3-13,28H,14H2,1-2H3,(H,26,29). The number of anilines is 1. The predicted molar refractivity (Wildman–Crippen MR) is 117 cm³/mol. The number of hydrogen-bond acceptors (Lipinski definition) is 4. The molecule has 150 valence electrons. The normalized spacial score (nSPS) is 10.9. The number of fused-ring (bicyclic) bond motifs is 1. The molecule has 2 N–H and O–H groups in total. The monoisotopic (exact) mass is 399 g/mol. The van der Waals surface area contributed by atoms with E-state index in [1.54, 1.807) is 18.3 Å². The topological polar surface area (TPSA) is 84.2 Å². The number of aryl methyl sites for hydroxylation is 2. The number of amides is 1. The minimum Gasteiger partial charge on any atom is -0.506 e. The number of carbonyl (C=O) groups is 1. The molecule has 0 bridgehead atoms. The van der Waals surface area contributed by atoms with E-state index in [1.807, 2.05) is 62.4 Å². The summed E-state index contributed by atoms with van der Waals surface area (Å²) in [4.78, 5) is 30.6. The molecule has 0 spiro atoms. The first-order chi connectivity index (χ1) is 14.4. The van der Waals surface area contributed by atoms with E-state index in [1.165, 1.54) is 4.57 Å². The van der Waals surface area contributed by atoms with Gasteiger partial charge in [-0.05, 0) is 54.8 Å². The van der Waals surface area contributed by atoms with Gasteiger partial charge in [-0.25, -0.2) is 4.98 Å². The van der Waals surface area contributed by atoms with Crippen LogP contribution in [0.2, 0.25) is 0 Å². The highest BCUT2D eigenvalue weighted by molar-refractivity contribution is 6.08. The molecule has 0 saturated carbocycles. The lowest BCUT2D eigenvalue weighted by Gasteiger charge is -2.14. The van der Waals surface area contributed by atoms with Crippen molar-refractivity contribution in [3.63, 3.8) is 0 Å². The number of nitrogens with zero attached hydrogens (tertiary/aromatic N) is 2. The lowest BCUT2D eigenvalue weighted by Crippen LogP contribution is -2.30. The maximum atomic E-state index is 13.3. The highest BCUT2D eigenvalue weighted by atomic mass is 16.3. The zero-order valence-corrected chi connectivity index (χ0v) is 16.7. The SMILES string of the molecule is Cc1cc(C)cc(NC(=O)c2c(O)c3cccnc3n(Cc3ccccc3)c2=O)c1. The van der Waals surface area contributed by atoms with E-state index in [-0.39, 0.29) is 17.9 Å². The van der Waals surface area contributed by atoms with E-state index in [2.05, 4.69) is 10.3 Å². The van der Waals surface area contributed by atoms with E-state index in [0.717, 1.165) is 16.7 Å². The number of aromatic nitrogens is 2. The summed E-state index contributed by atoms with van der Waals surface area (Å²) in [7, 11) is 0. The molecule has 0 radical (unpaired) electrons. The van der Waals surface area contributed by atoms with Crippen LogP contribution in [-0.2, 0) is 6.54 Å². The van der Waals surface area contributed by atoms with Gasteiger partial charge in [0, 0.05) is 11.9 Å². The summed E-state index contributed by atoms with van der Waals surface area (Å²) in [5.41, 5.74) is 2.86. The van der Waals surface area contributed by atoms with Crippen LogP contribution in [0, 0.1) is 13.8 Å². The van der Waals surface area contributed by atoms with E-state index in [4.69, 9.17) is 0 Å². The second kappa shape index (κ2) is 7.83. The van der Waals surface area contributed by atoms with Gasteiger partial charge >= 0.3 is 0 Å². The number of benzene rings is 2. The molecule has 30 heavy (non-hydrogen) atoms. The molecule has 4 rings (SSSR count). The molecule has 2 heterocycles. The Hall–Kier alpha value is -3.93. The largest absolute Gasteiger partial charge is 0.506 e. The quantitative estimate of drug-likeness (QED) is 0.543. The van der Waals surface area contributed by atoms with Crippen molar-refractivity contribution in [1.29, 1.82) is 0 Å². The smallest absolute Gasteiger partial charge is 0.269 e. The molecule has 0 saturated heterocycles. The van der Waals surface area contributed by atoms with Gasteiger partial charge in [0.15, 0.2) is 0 Å². The van der Waals surface area contributed by atoms with Crippen LogP contribution in [0.1, 0.15) is 27.0 Å². The third-order valence-corrected chi connectivity index (χ3v) is 4.88. The number of nitrogens with one attached hydrogen (secondary N) is 1. The van der Waals surface area contributed by atoms with Crippen LogP contribution in [0.5, 0.6) is 5.75 Å². The van der Waals surface area contributed by atoms with E-state index in [9.17, 15) is 14.7 Å². The molecule has 0 aliphatic rings. The summed E-state index contributed by atoms with van der Waals surface area (Å²) in [6.07, 6.45) is 1.55. The summed E-state index contributed by atoms with van der Waals surface area (Å²) in [6, 6.07) is 18.3. The van der Waals surface area contributed by atoms with E-state index >= 15 is 0 Å². The molecule has 0 unspecified atom stereocenters. The van der Waals surface area contributed by atoms with Gasteiger partial charge in [0.1, 0.15) is 17.0 Å². The van der Waals surface area contributed by atoms with Gasteiger partial charge in [0.2, 0.25) is 0 Å². The average molecular weight is 399 g/mol. The van der Waals surface area contributed by atoms with Gasteiger partial charge in [-0.2, -0.15) is 0 Å². The second-order valence-corrected chi connectivity index (χ2v) is 7.31. The highest BCUT2D eigenvalue weighted by Crippen LogP contribution is 2.26. The zero-order chi connectivity index (χ0) is 21.3. The summed E-state index contributed by atoms with van der Waals surface area (Å²) in [6.45, 7) is 4.08. The van der Waals surface area contributed by atoms with Crippen molar-refractivity contribution in [3.05, 3.63) is 99.5 Å². The van der Waals surface area contributed by atoms with Gasteiger partial charge in [-0.1, -0.05) is 36.4 Å². The van der Waals surface area contributed by atoms with Crippen molar-refractivity contribution in [2.24, 2.45) is 0 Å². The van der Waals surface area contributed by atoms with Crippen LogP contribution in [0.3, 0.4) is 0 Å². The molecule has 1 amide bonds. The third kappa shape index (κ3) is 3.67. The number of hydrogen-bond donors (Lipinski definition) is 2. The predicted octanol–water partition coefficient (Wildman–Crippen LogP) is 4.02. The first kappa shape index (κ1) is 19.4. The average Bonchev–Trinajstić information content (AvgIpc) is 2.71. The molecule has 0 aliphatic heterocycles. The Bertz CT molecular complexity index is 1290. The van der Waals surface area contributed by atoms with Crippen molar-refractivity contribution >= 4 is 22.6 Å². The van der Waals surface area contributed by atoms with Crippen LogP contribution in [0.25, 0.3) is 11.0 Å². The van der Waals surface area contributed by atoms with Crippen molar-refractivity contribution in [2.45, 2.75) is 20.4 Å². The minimum atomic E-state index is -0.657. The Balaban J connectivity index is 1.85. The zero-order valence-electron chi connectivity index (χ0n) is 16.7. The molecule has 0 atom stereocenters. The molecule has 6 heteroatoms. The molecule has 2 aromatic carbocycles. The molecule has 0 fully saturated rings. The number of pyridine rings is 2.